The molecule has 3 atom stereocenters. The van der Waals surface area contributed by atoms with E-state index in [1.54, 1.807) is 0 Å². The third kappa shape index (κ3) is 2.11. The highest BCUT2D eigenvalue weighted by atomic mass is 16.5. The Labute approximate surface area is 127 Å². The van der Waals surface area contributed by atoms with Gasteiger partial charge in [-0.3, -0.25) is 4.79 Å². The third-order valence-electron chi connectivity index (χ3n) is 6.49. The van der Waals surface area contributed by atoms with E-state index in [2.05, 4.69) is 20.8 Å². The van der Waals surface area contributed by atoms with E-state index < -0.39 is 0 Å². The summed E-state index contributed by atoms with van der Waals surface area (Å²) in [5.74, 6) is 1.88. The summed E-state index contributed by atoms with van der Waals surface area (Å²) in [5.41, 5.74) is 1.43. The van der Waals surface area contributed by atoms with Crippen LogP contribution in [-0.4, -0.2) is 11.9 Å². The molecule has 3 unspecified atom stereocenters. The number of Topliss-reactive ketones (excluding diaryl/α,β-unsaturated/α-hetero) is 1. The maximum absolute atomic E-state index is 11.7. The molecule has 2 aliphatic rings. The molecule has 2 bridgehead atoms. The number of fused-ring (bicyclic) bond motifs is 2. The van der Waals surface area contributed by atoms with Gasteiger partial charge in [0, 0.05) is 17.4 Å². The lowest BCUT2D eigenvalue weighted by atomic mass is 9.70. The molecule has 2 saturated carbocycles. The van der Waals surface area contributed by atoms with E-state index in [9.17, 15) is 4.79 Å². The van der Waals surface area contributed by atoms with Gasteiger partial charge in [-0.05, 0) is 54.9 Å². The van der Waals surface area contributed by atoms with E-state index in [0.717, 1.165) is 17.2 Å². The smallest absolute Gasteiger partial charge is 0.162 e. The van der Waals surface area contributed by atoms with E-state index in [-0.39, 0.29) is 11.2 Å². The van der Waals surface area contributed by atoms with Crippen LogP contribution in [0.4, 0.5) is 0 Å². The summed E-state index contributed by atoms with van der Waals surface area (Å²) in [6.45, 7) is 9.08. The van der Waals surface area contributed by atoms with Gasteiger partial charge in [0.2, 0.25) is 0 Å². The maximum atomic E-state index is 11.7. The predicted molar refractivity (Wildman–Crippen MR) is 84.7 cm³/mol. The molecule has 0 aromatic heterocycles. The van der Waals surface area contributed by atoms with Crippen LogP contribution in [0.15, 0.2) is 24.3 Å². The van der Waals surface area contributed by atoms with Crippen LogP contribution in [0.25, 0.3) is 0 Å². The van der Waals surface area contributed by atoms with Crippen molar-refractivity contribution >= 4 is 5.78 Å². The molecule has 2 heteroatoms. The molecule has 3 rings (SSSR count). The highest BCUT2D eigenvalue weighted by molar-refractivity contribution is 5.95. The molecular formula is C19H26O2. The van der Waals surface area contributed by atoms with Crippen molar-refractivity contribution in [1.82, 2.24) is 0 Å². The van der Waals surface area contributed by atoms with Gasteiger partial charge in [-0.25, -0.2) is 0 Å². The Morgan fingerprint density at radius 3 is 2.38 bits per heavy atom. The Bertz CT molecular complexity index is 543. The molecule has 0 N–H and O–H groups in total. The molecule has 0 amide bonds. The van der Waals surface area contributed by atoms with Gasteiger partial charge in [0.05, 0.1) is 0 Å². The summed E-state index contributed by atoms with van der Waals surface area (Å²) in [5, 5.41) is 0. The lowest BCUT2D eigenvalue weighted by Crippen LogP contribution is -2.38. The van der Waals surface area contributed by atoms with Gasteiger partial charge in [0.1, 0.15) is 11.9 Å². The molecule has 0 radical (unpaired) electrons. The Hall–Kier alpha value is -1.31. The van der Waals surface area contributed by atoms with E-state index >= 15 is 0 Å². The van der Waals surface area contributed by atoms with Crippen LogP contribution in [-0.2, 0) is 0 Å². The van der Waals surface area contributed by atoms with Crippen LogP contribution in [0.3, 0.4) is 0 Å². The van der Waals surface area contributed by atoms with Crippen LogP contribution < -0.4 is 4.74 Å². The summed E-state index contributed by atoms with van der Waals surface area (Å²) in [6.07, 6.45) is 4.63. The second-order valence-electron chi connectivity index (χ2n) is 7.52. The number of rotatable bonds is 4. The number of carbonyl (C=O) groups excluding carboxylic acids is 1. The number of ether oxygens (including phenoxy) is 1. The quantitative estimate of drug-likeness (QED) is 0.738. The number of carbonyl (C=O) groups is 1. The van der Waals surface area contributed by atoms with Crippen LogP contribution in [0, 0.1) is 16.7 Å². The van der Waals surface area contributed by atoms with E-state index in [4.69, 9.17) is 4.74 Å². The average molecular weight is 286 g/mol. The molecule has 0 aliphatic heterocycles. The highest BCUT2D eigenvalue weighted by Gasteiger charge is 2.62. The highest BCUT2D eigenvalue weighted by Crippen LogP contribution is 2.66. The van der Waals surface area contributed by atoms with Crippen LogP contribution in [0.5, 0.6) is 5.75 Å². The molecule has 0 heterocycles. The lowest BCUT2D eigenvalue weighted by molar-refractivity contribution is 0.0302. The van der Waals surface area contributed by atoms with Crippen molar-refractivity contribution in [3.8, 4) is 5.75 Å². The second kappa shape index (κ2) is 4.86. The van der Waals surface area contributed by atoms with Crippen LogP contribution >= 0.6 is 0 Å². The summed E-state index contributed by atoms with van der Waals surface area (Å²) in [7, 11) is 0. The zero-order valence-electron chi connectivity index (χ0n) is 13.6. The van der Waals surface area contributed by atoms with Crippen LogP contribution in [0.2, 0.25) is 0 Å². The van der Waals surface area contributed by atoms with E-state index in [0.29, 0.717) is 17.9 Å². The van der Waals surface area contributed by atoms with Gasteiger partial charge in [-0.2, -0.15) is 0 Å². The predicted octanol–water partition coefficient (Wildman–Crippen LogP) is 4.87. The third-order valence-corrected chi connectivity index (χ3v) is 6.49. The first kappa shape index (κ1) is 14.6. The number of benzene rings is 1. The second-order valence-corrected chi connectivity index (χ2v) is 7.52. The van der Waals surface area contributed by atoms with Crippen molar-refractivity contribution in [3.63, 3.8) is 0 Å². The fraction of sp³-hybridized carbons (Fsp3) is 0.632. The van der Waals surface area contributed by atoms with Gasteiger partial charge >= 0.3 is 0 Å². The van der Waals surface area contributed by atoms with Gasteiger partial charge in [-0.1, -0.05) is 27.7 Å². The molecule has 114 valence electrons. The molecule has 1 aromatic carbocycles. The zero-order valence-corrected chi connectivity index (χ0v) is 13.6. The fourth-order valence-corrected chi connectivity index (χ4v) is 4.40. The van der Waals surface area contributed by atoms with Gasteiger partial charge in [0.25, 0.3) is 0 Å². The van der Waals surface area contributed by atoms with Crippen molar-refractivity contribution in [1.29, 1.82) is 0 Å². The van der Waals surface area contributed by atoms with Crippen molar-refractivity contribution in [3.05, 3.63) is 29.8 Å². The first-order valence-electron chi connectivity index (χ1n) is 8.18. The molecule has 0 spiro atoms. The summed E-state index contributed by atoms with van der Waals surface area (Å²) < 4.78 is 6.30. The lowest BCUT2D eigenvalue weighted by Gasteiger charge is -2.38. The van der Waals surface area contributed by atoms with Crippen LogP contribution in [0.1, 0.15) is 63.7 Å². The number of hydrogen-bond acceptors (Lipinski definition) is 2. The first-order chi connectivity index (χ1) is 9.88. The standard InChI is InChI=1S/C19H26O2/c1-5-16(20)13-6-8-15(9-7-13)21-17-12-14-10-11-19(17,4)18(14,2)3/h6-9,14,17H,5,10-12H2,1-4H3. The minimum Gasteiger partial charge on any atom is -0.490 e. The largest absolute Gasteiger partial charge is 0.490 e. The van der Waals surface area contributed by atoms with E-state index in [1.807, 2.05) is 31.2 Å². The molecule has 2 fully saturated rings. The normalized spacial score (nSPS) is 33.1. The maximum Gasteiger partial charge on any atom is 0.162 e. The summed E-state index contributed by atoms with van der Waals surface area (Å²) >= 11 is 0. The Kier molecular flexibility index (Phi) is 3.38. The SMILES string of the molecule is CCC(=O)c1ccc(OC2CC3CCC2(C)C3(C)C)cc1. The van der Waals surface area contributed by atoms with Crippen molar-refractivity contribution in [2.75, 3.05) is 0 Å². The Balaban J connectivity index is 1.75. The van der Waals surface area contributed by atoms with Gasteiger partial charge < -0.3 is 4.74 Å². The monoisotopic (exact) mass is 286 g/mol. The Morgan fingerprint density at radius 1 is 1.24 bits per heavy atom. The van der Waals surface area contributed by atoms with Crippen molar-refractivity contribution in [2.24, 2.45) is 16.7 Å². The molecule has 2 aliphatic carbocycles. The minimum absolute atomic E-state index is 0.189. The van der Waals surface area contributed by atoms with Crippen molar-refractivity contribution in [2.45, 2.75) is 59.5 Å². The average Bonchev–Trinajstić information content (AvgIpc) is 2.80. The minimum atomic E-state index is 0.189. The summed E-state index contributed by atoms with van der Waals surface area (Å²) in [6, 6.07) is 7.68. The molecule has 2 nitrogen and oxygen atoms in total. The fourth-order valence-electron chi connectivity index (χ4n) is 4.40. The van der Waals surface area contributed by atoms with E-state index in [1.165, 1.54) is 19.3 Å². The summed E-state index contributed by atoms with van der Waals surface area (Å²) in [4.78, 5) is 11.7. The first-order valence-corrected chi connectivity index (χ1v) is 8.18. The van der Waals surface area contributed by atoms with Gasteiger partial charge in [0.15, 0.2) is 5.78 Å². The molecule has 1 aromatic rings. The Morgan fingerprint density at radius 2 is 1.90 bits per heavy atom. The number of ketones is 1. The molecule has 21 heavy (non-hydrogen) atoms. The topological polar surface area (TPSA) is 26.3 Å². The molecule has 0 saturated heterocycles. The molecular weight excluding hydrogens is 260 g/mol. The van der Waals surface area contributed by atoms with Crippen molar-refractivity contribution < 1.29 is 9.53 Å². The number of hydrogen-bond donors (Lipinski definition) is 0. The van der Waals surface area contributed by atoms with Gasteiger partial charge in [-0.15, -0.1) is 0 Å². The zero-order chi connectivity index (χ0) is 15.3.